The highest BCUT2D eigenvalue weighted by Gasteiger charge is 2.64. The largest absolute Gasteiger partial charge is 0.423 e. The Morgan fingerprint density at radius 3 is 2.06 bits per heavy atom. The van der Waals surface area contributed by atoms with E-state index in [1.54, 1.807) is 71.4 Å². The predicted octanol–water partition coefficient (Wildman–Crippen LogP) is 5.62. The highest BCUT2D eigenvalue weighted by atomic mass is 19.4. The third-order valence-electron chi connectivity index (χ3n) is 5.83. The lowest BCUT2D eigenvalue weighted by molar-refractivity contribution is -0.176. The van der Waals surface area contributed by atoms with Crippen molar-refractivity contribution in [2.45, 2.75) is 11.7 Å². The number of hydrogen-bond donors (Lipinski definition) is 1. The monoisotopic (exact) mass is 445 g/mol. The van der Waals surface area contributed by atoms with Gasteiger partial charge in [-0.3, -0.25) is 4.90 Å². The van der Waals surface area contributed by atoms with Crippen LogP contribution in [0.25, 0.3) is 0 Å². The fourth-order valence-electron chi connectivity index (χ4n) is 4.36. The van der Waals surface area contributed by atoms with Gasteiger partial charge in [-0.25, -0.2) is 4.99 Å². The molecule has 2 aliphatic rings. The number of nitrogens with one attached hydrogen (secondary N) is 1. The van der Waals surface area contributed by atoms with Gasteiger partial charge < -0.3 is 10.2 Å². The van der Waals surface area contributed by atoms with Crippen LogP contribution in [0, 0.1) is 11.3 Å². The Bertz CT molecular complexity index is 1310. The summed E-state index contributed by atoms with van der Waals surface area (Å²) in [5.74, 6) is 0.0986. The van der Waals surface area contributed by atoms with E-state index in [1.807, 2.05) is 12.1 Å². The molecule has 2 aliphatic heterocycles. The molecule has 5 rings (SSSR count). The van der Waals surface area contributed by atoms with E-state index in [-0.39, 0.29) is 17.3 Å². The van der Waals surface area contributed by atoms with Gasteiger partial charge in [-0.15, -0.1) is 0 Å². The lowest BCUT2D eigenvalue weighted by Gasteiger charge is -2.40. The molecule has 3 aromatic carbocycles. The zero-order valence-electron chi connectivity index (χ0n) is 17.5. The van der Waals surface area contributed by atoms with Gasteiger partial charge in [0, 0.05) is 12.7 Å². The summed E-state index contributed by atoms with van der Waals surface area (Å²) in [7, 11) is 1.66. The third-order valence-corrected chi connectivity index (χ3v) is 5.83. The molecule has 0 spiro atoms. The summed E-state index contributed by atoms with van der Waals surface area (Å²) >= 11 is 0. The third kappa shape index (κ3) is 2.97. The normalized spacial score (nSPS) is 19.5. The van der Waals surface area contributed by atoms with Crippen LogP contribution < -0.4 is 15.1 Å². The van der Waals surface area contributed by atoms with E-state index in [0.29, 0.717) is 17.1 Å². The molecule has 33 heavy (non-hydrogen) atoms. The van der Waals surface area contributed by atoms with Gasteiger partial charge in [-0.2, -0.15) is 18.4 Å². The SMILES string of the molecule is CN1C2=C(C#N)C(c3ccccc3)(C(F)(F)F)N=C(Nc3ccccc3)N2c2ccccc21. The van der Waals surface area contributed by atoms with Crippen LogP contribution in [-0.2, 0) is 5.54 Å². The van der Waals surface area contributed by atoms with Crippen LogP contribution in [0.2, 0.25) is 0 Å². The number of aliphatic imine (C=N–C) groups is 1. The zero-order chi connectivity index (χ0) is 23.2. The van der Waals surface area contributed by atoms with E-state index < -0.39 is 17.3 Å². The maximum Gasteiger partial charge on any atom is 0.423 e. The van der Waals surface area contributed by atoms with Crippen molar-refractivity contribution in [1.82, 2.24) is 0 Å². The Morgan fingerprint density at radius 2 is 1.45 bits per heavy atom. The zero-order valence-corrected chi connectivity index (χ0v) is 17.5. The molecule has 0 saturated heterocycles. The molecule has 1 atom stereocenters. The van der Waals surface area contributed by atoms with Crippen LogP contribution in [0.3, 0.4) is 0 Å². The van der Waals surface area contributed by atoms with Crippen LogP contribution in [0.4, 0.5) is 30.2 Å². The van der Waals surface area contributed by atoms with Crippen molar-refractivity contribution in [1.29, 1.82) is 5.26 Å². The second-order valence-corrected chi connectivity index (χ2v) is 7.69. The maximum atomic E-state index is 15.0. The van der Waals surface area contributed by atoms with Gasteiger partial charge >= 0.3 is 6.18 Å². The van der Waals surface area contributed by atoms with Crippen LogP contribution in [-0.4, -0.2) is 19.2 Å². The molecule has 1 N–H and O–H groups in total. The van der Waals surface area contributed by atoms with Crippen LogP contribution in [0.5, 0.6) is 0 Å². The van der Waals surface area contributed by atoms with Crippen molar-refractivity contribution in [3.8, 4) is 6.07 Å². The van der Waals surface area contributed by atoms with Crippen molar-refractivity contribution in [3.05, 3.63) is 102 Å². The molecule has 3 aromatic rings. The highest BCUT2D eigenvalue weighted by Crippen LogP contribution is 2.54. The first-order chi connectivity index (χ1) is 15.9. The van der Waals surface area contributed by atoms with E-state index in [1.165, 1.54) is 24.3 Å². The number of benzene rings is 3. The van der Waals surface area contributed by atoms with Gasteiger partial charge in [0.15, 0.2) is 0 Å². The van der Waals surface area contributed by atoms with E-state index in [4.69, 9.17) is 0 Å². The van der Waals surface area contributed by atoms with Crippen molar-refractivity contribution in [2.75, 3.05) is 22.2 Å². The second-order valence-electron chi connectivity index (χ2n) is 7.69. The van der Waals surface area contributed by atoms with Crippen LogP contribution >= 0.6 is 0 Å². The van der Waals surface area contributed by atoms with Crippen LogP contribution in [0.15, 0.2) is 101 Å². The van der Waals surface area contributed by atoms with Gasteiger partial charge in [-0.1, -0.05) is 60.7 Å². The lowest BCUT2D eigenvalue weighted by atomic mass is 9.81. The molecule has 5 nitrogen and oxygen atoms in total. The number of anilines is 3. The number of hydrogen-bond acceptors (Lipinski definition) is 5. The molecule has 0 saturated carbocycles. The average molecular weight is 445 g/mol. The molecule has 164 valence electrons. The summed E-state index contributed by atoms with van der Waals surface area (Å²) in [6.45, 7) is 0. The fourth-order valence-corrected chi connectivity index (χ4v) is 4.36. The molecule has 1 unspecified atom stereocenters. The number of rotatable bonds is 2. The molecular weight excluding hydrogens is 427 g/mol. The first-order valence-corrected chi connectivity index (χ1v) is 10.2. The number of nitrogens with zero attached hydrogens (tertiary/aromatic N) is 4. The first kappa shape index (κ1) is 20.6. The molecule has 0 bridgehead atoms. The average Bonchev–Trinajstić information content (AvgIpc) is 3.12. The molecular formula is C25H18F3N5. The van der Waals surface area contributed by atoms with E-state index in [9.17, 15) is 18.4 Å². The summed E-state index contributed by atoms with van der Waals surface area (Å²) in [4.78, 5) is 7.46. The van der Waals surface area contributed by atoms with Gasteiger partial charge in [0.25, 0.3) is 0 Å². The summed E-state index contributed by atoms with van der Waals surface area (Å²) < 4.78 is 45.0. The molecule has 0 radical (unpaired) electrons. The number of nitriles is 1. The van der Waals surface area contributed by atoms with Crippen LogP contribution in [0.1, 0.15) is 5.56 Å². The summed E-state index contributed by atoms with van der Waals surface area (Å²) in [6, 6.07) is 25.3. The van der Waals surface area contributed by atoms with Crippen molar-refractivity contribution >= 4 is 23.0 Å². The number of guanidine groups is 1. The Balaban J connectivity index is 1.85. The van der Waals surface area contributed by atoms with E-state index >= 15 is 0 Å². The fraction of sp³-hybridized carbons (Fsp3) is 0.120. The maximum absolute atomic E-state index is 15.0. The Morgan fingerprint density at radius 1 is 0.879 bits per heavy atom. The number of halogens is 3. The Labute approximate surface area is 188 Å². The summed E-state index contributed by atoms with van der Waals surface area (Å²) in [5.41, 5.74) is -1.60. The molecule has 0 aliphatic carbocycles. The standard InChI is InChI=1S/C25H18F3N5/c1-32-20-14-8-9-15-21(20)33-22(32)19(16-29)24(25(26,27)28,17-10-4-2-5-11-17)31-23(33)30-18-12-6-3-7-13-18/h2-15H,1H3,(H,30,31). The lowest BCUT2D eigenvalue weighted by Crippen LogP contribution is -2.52. The molecule has 8 heteroatoms. The second kappa shape index (κ2) is 7.41. The Kier molecular flexibility index (Phi) is 4.64. The highest BCUT2D eigenvalue weighted by molar-refractivity contribution is 6.13. The van der Waals surface area contributed by atoms with Gasteiger partial charge in [0.1, 0.15) is 17.5 Å². The quantitative estimate of drug-likeness (QED) is 0.557. The summed E-state index contributed by atoms with van der Waals surface area (Å²) in [5, 5.41) is 13.2. The van der Waals surface area contributed by atoms with E-state index in [2.05, 4.69) is 10.3 Å². The number of para-hydroxylation sites is 3. The van der Waals surface area contributed by atoms with Gasteiger partial charge in [-0.05, 0) is 29.8 Å². The van der Waals surface area contributed by atoms with Gasteiger partial charge in [0.05, 0.1) is 11.4 Å². The minimum atomic E-state index is -4.88. The number of alkyl halides is 3. The van der Waals surface area contributed by atoms with Crippen molar-refractivity contribution in [3.63, 3.8) is 0 Å². The predicted molar refractivity (Wildman–Crippen MR) is 122 cm³/mol. The smallest absolute Gasteiger partial charge is 0.328 e. The van der Waals surface area contributed by atoms with Crippen molar-refractivity contribution < 1.29 is 13.2 Å². The topological polar surface area (TPSA) is 54.7 Å². The molecule has 0 fully saturated rings. The molecule has 0 aromatic heterocycles. The minimum absolute atomic E-state index is 0.0202. The minimum Gasteiger partial charge on any atom is -0.328 e. The summed E-state index contributed by atoms with van der Waals surface area (Å²) in [6.07, 6.45) is -4.88. The van der Waals surface area contributed by atoms with E-state index in [0.717, 1.165) is 0 Å². The van der Waals surface area contributed by atoms with Gasteiger partial charge in [0.2, 0.25) is 11.5 Å². The van der Waals surface area contributed by atoms with Crippen molar-refractivity contribution in [2.24, 2.45) is 4.99 Å². The molecule has 2 heterocycles. The Hall–Kier alpha value is -4.25. The first-order valence-electron chi connectivity index (χ1n) is 10.2. The number of fused-ring (bicyclic) bond motifs is 3. The molecule has 0 amide bonds.